The van der Waals surface area contributed by atoms with Gasteiger partial charge in [0, 0.05) is 23.8 Å². The topological polar surface area (TPSA) is 13.1 Å². The number of aryl methyl sites for hydroxylation is 1. The molecule has 0 aromatic carbocycles. The van der Waals surface area contributed by atoms with Gasteiger partial charge in [-0.15, -0.1) is 0 Å². The zero-order valence-electron chi connectivity index (χ0n) is 7.58. The summed E-state index contributed by atoms with van der Waals surface area (Å²) in [5, 5.41) is 0. The third-order valence-corrected chi connectivity index (χ3v) is 1.47. The summed E-state index contributed by atoms with van der Waals surface area (Å²) in [7, 11) is 0. The normalized spacial score (nSPS) is 9.50. The fourth-order valence-electron chi connectivity index (χ4n) is 0.838. The van der Waals surface area contributed by atoms with Gasteiger partial charge < -0.3 is 0 Å². The minimum atomic E-state index is 0.565. The number of pyridine rings is 1. The van der Waals surface area contributed by atoms with E-state index in [1.54, 1.807) is 4.73 Å². The van der Waals surface area contributed by atoms with E-state index in [2.05, 4.69) is 6.58 Å². The fraction of sp³-hybridized carbons (Fsp3) is 0.300. The Hall–Kier alpha value is -1.31. The first-order chi connectivity index (χ1) is 5.70. The summed E-state index contributed by atoms with van der Waals surface area (Å²) in [4.78, 5) is 5.42. The van der Waals surface area contributed by atoms with E-state index in [0.717, 1.165) is 11.3 Å². The van der Waals surface area contributed by atoms with Crippen LogP contribution in [0.25, 0.3) is 0 Å². The predicted molar refractivity (Wildman–Crippen MR) is 47.6 cm³/mol. The van der Waals surface area contributed by atoms with Crippen LogP contribution in [0.3, 0.4) is 0 Å². The standard InChI is InChI=1S/C10H14NO/c1-9(2)8-12-11-7-5-4-6-10(11)3/h4-7H,1,8H2,2-3H3/q+1. The van der Waals surface area contributed by atoms with Crippen molar-refractivity contribution in [3.8, 4) is 0 Å². The second-order valence-corrected chi connectivity index (χ2v) is 2.90. The molecule has 0 radical (unpaired) electrons. The molecule has 1 heterocycles. The van der Waals surface area contributed by atoms with E-state index >= 15 is 0 Å². The van der Waals surface area contributed by atoms with E-state index in [1.165, 1.54) is 0 Å². The lowest BCUT2D eigenvalue weighted by molar-refractivity contribution is -0.894. The summed E-state index contributed by atoms with van der Waals surface area (Å²) in [5.74, 6) is 0. The lowest BCUT2D eigenvalue weighted by atomic mass is 10.4. The first kappa shape index (κ1) is 8.78. The highest BCUT2D eigenvalue weighted by Crippen LogP contribution is 1.87. The largest absolute Gasteiger partial charge is 0.267 e. The maximum Gasteiger partial charge on any atom is 0.231 e. The molecule has 0 aliphatic heterocycles. The maximum absolute atomic E-state index is 5.42. The summed E-state index contributed by atoms with van der Waals surface area (Å²) in [6, 6.07) is 5.92. The Labute approximate surface area is 73.1 Å². The molecule has 0 aliphatic rings. The van der Waals surface area contributed by atoms with Crippen molar-refractivity contribution in [3.05, 3.63) is 42.2 Å². The Bertz CT molecular complexity index is 281. The maximum atomic E-state index is 5.42. The van der Waals surface area contributed by atoms with Gasteiger partial charge in [0.15, 0.2) is 6.61 Å². The van der Waals surface area contributed by atoms with E-state index in [1.807, 2.05) is 38.2 Å². The Morgan fingerprint density at radius 3 is 2.92 bits per heavy atom. The minimum absolute atomic E-state index is 0.565. The minimum Gasteiger partial charge on any atom is -0.267 e. The average molecular weight is 164 g/mol. The van der Waals surface area contributed by atoms with Gasteiger partial charge in [0.05, 0.1) is 0 Å². The summed E-state index contributed by atoms with van der Waals surface area (Å²) in [5.41, 5.74) is 2.10. The van der Waals surface area contributed by atoms with Gasteiger partial charge in [-0.3, -0.25) is 4.84 Å². The van der Waals surface area contributed by atoms with Crippen molar-refractivity contribution in [1.82, 2.24) is 0 Å². The second-order valence-electron chi connectivity index (χ2n) is 2.90. The highest BCUT2D eigenvalue weighted by Gasteiger charge is 2.04. The number of nitrogens with zero attached hydrogens (tertiary/aromatic N) is 1. The molecule has 0 bridgehead atoms. The fourth-order valence-corrected chi connectivity index (χ4v) is 0.838. The van der Waals surface area contributed by atoms with Crippen molar-refractivity contribution in [3.63, 3.8) is 0 Å². The molecule has 0 saturated heterocycles. The first-order valence-corrected chi connectivity index (χ1v) is 3.95. The predicted octanol–water partition coefficient (Wildman–Crippen LogP) is 1.29. The summed E-state index contributed by atoms with van der Waals surface area (Å²) in [6.07, 6.45) is 1.89. The van der Waals surface area contributed by atoms with Gasteiger partial charge in [0.25, 0.3) is 0 Å². The molecule has 1 aromatic rings. The molecule has 0 spiro atoms. The number of hydrogen-bond donors (Lipinski definition) is 0. The zero-order valence-corrected chi connectivity index (χ0v) is 7.58. The molecule has 0 amide bonds. The summed E-state index contributed by atoms with van der Waals surface area (Å²) in [6.45, 7) is 8.27. The van der Waals surface area contributed by atoms with Gasteiger partial charge >= 0.3 is 0 Å². The molecule has 1 aromatic heterocycles. The lowest BCUT2D eigenvalue weighted by Crippen LogP contribution is -2.45. The Morgan fingerprint density at radius 2 is 2.33 bits per heavy atom. The molecule has 2 heteroatoms. The van der Waals surface area contributed by atoms with E-state index < -0.39 is 0 Å². The van der Waals surface area contributed by atoms with Gasteiger partial charge in [-0.1, -0.05) is 6.58 Å². The molecule has 0 saturated carbocycles. The number of aromatic nitrogens is 1. The van der Waals surface area contributed by atoms with Crippen LogP contribution in [0.4, 0.5) is 0 Å². The van der Waals surface area contributed by atoms with Gasteiger partial charge in [-0.2, -0.15) is 0 Å². The van der Waals surface area contributed by atoms with Crippen molar-refractivity contribution in [2.24, 2.45) is 0 Å². The quantitative estimate of drug-likeness (QED) is 0.484. The van der Waals surface area contributed by atoms with Gasteiger partial charge in [-0.05, 0) is 18.6 Å². The molecule has 2 nitrogen and oxygen atoms in total. The van der Waals surface area contributed by atoms with Crippen LogP contribution in [0.15, 0.2) is 36.5 Å². The van der Waals surface area contributed by atoms with Crippen molar-refractivity contribution < 1.29 is 9.57 Å². The van der Waals surface area contributed by atoms with Crippen LogP contribution < -0.4 is 9.57 Å². The van der Waals surface area contributed by atoms with Crippen molar-refractivity contribution in [2.45, 2.75) is 13.8 Å². The molecule has 0 N–H and O–H groups in total. The number of hydrogen-bond acceptors (Lipinski definition) is 1. The Kier molecular flexibility index (Phi) is 2.86. The zero-order chi connectivity index (χ0) is 8.97. The summed E-state index contributed by atoms with van der Waals surface area (Å²) >= 11 is 0. The molecule has 0 aliphatic carbocycles. The number of rotatable bonds is 3. The van der Waals surface area contributed by atoms with Crippen molar-refractivity contribution in [2.75, 3.05) is 6.61 Å². The van der Waals surface area contributed by atoms with E-state index in [9.17, 15) is 0 Å². The van der Waals surface area contributed by atoms with Crippen LogP contribution in [-0.4, -0.2) is 6.61 Å². The van der Waals surface area contributed by atoms with E-state index in [0.29, 0.717) is 6.61 Å². The van der Waals surface area contributed by atoms with Crippen LogP contribution in [0.2, 0.25) is 0 Å². The molecule has 0 fully saturated rings. The van der Waals surface area contributed by atoms with Crippen LogP contribution in [0.1, 0.15) is 12.6 Å². The molecule has 12 heavy (non-hydrogen) atoms. The summed E-state index contributed by atoms with van der Waals surface area (Å²) < 4.78 is 1.74. The van der Waals surface area contributed by atoms with Gasteiger partial charge in [-0.25, -0.2) is 0 Å². The van der Waals surface area contributed by atoms with Crippen LogP contribution in [0, 0.1) is 6.92 Å². The van der Waals surface area contributed by atoms with E-state index in [4.69, 9.17) is 4.84 Å². The Balaban J connectivity index is 2.63. The molecule has 64 valence electrons. The van der Waals surface area contributed by atoms with E-state index in [-0.39, 0.29) is 0 Å². The van der Waals surface area contributed by atoms with Crippen molar-refractivity contribution >= 4 is 0 Å². The second kappa shape index (κ2) is 3.90. The molecule has 0 atom stereocenters. The molecular weight excluding hydrogens is 150 g/mol. The van der Waals surface area contributed by atoms with Crippen LogP contribution in [-0.2, 0) is 0 Å². The van der Waals surface area contributed by atoms with Gasteiger partial charge in [0.1, 0.15) is 0 Å². The van der Waals surface area contributed by atoms with Crippen LogP contribution in [0.5, 0.6) is 0 Å². The lowest BCUT2D eigenvalue weighted by Gasteiger charge is -1.98. The molecule has 1 rings (SSSR count). The highest BCUT2D eigenvalue weighted by atomic mass is 16.7. The molecule has 0 unspecified atom stereocenters. The average Bonchev–Trinajstić information content (AvgIpc) is 2.03. The Morgan fingerprint density at radius 1 is 1.58 bits per heavy atom. The van der Waals surface area contributed by atoms with Crippen molar-refractivity contribution in [1.29, 1.82) is 0 Å². The third kappa shape index (κ3) is 2.38. The smallest absolute Gasteiger partial charge is 0.231 e. The first-order valence-electron chi connectivity index (χ1n) is 3.95. The third-order valence-electron chi connectivity index (χ3n) is 1.47. The highest BCUT2D eigenvalue weighted by molar-refractivity contribution is 4.93. The SMILES string of the molecule is C=C(C)CO[n+]1ccccc1C. The van der Waals surface area contributed by atoms with Gasteiger partial charge in [0.2, 0.25) is 11.9 Å². The molecular formula is C10H14NO+. The van der Waals surface area contributed by atoms with Crippen LogP contribution >= 0.6 is 0 Å². The monoisotopic (exact) mass is 164 g/mol.